The van der Waals surface area contributed by atoms with Crippen molar-refractivity contribution in [3.63, 3.8) is 0 Å². The third-order valence-electron chi connectivity index (χ3n) is 2.84. The third-order valence-corrected chi connectivity index (χ3v) is 7.32. The Balaban J connectivity index is 4.06. The summed E-state index contributed by atoms with van der Waals surface area (Å²) in [6.07, 6.45) is 0. The van der Waals surface area contributed by atoms with Crippen LogP contribution >= 0.6 is 0 Å². The van der Waals surface area contributed by atoms with E-state index in [2.05, 4.69) is 38.6 Å². The van der Waals surface area contributed by atoms with E-state index in [1.165, 1.54) is 6.92 Å². The number of ether oxygens (including phenoxy) is 1. The Labute approximate surface area is 98.4 Å². The van der Waals surface area contributed by atoms with Crippen LogP contribution in [0.4, 0.5) is 0 Å². The lowest BCUT2D eigenvalue weighted by Gasteiger charge is -2.35. The van der Waals surface area contributed by atoms with Crippen molar-refractivity contribution in [3.05, 3.63) is 0 Å². The lowest BCUT2D eigenvalue weighted by atomic mass is 10.2. The average Bonchev–Trinajstić information content (AvgIpc) is 2.09. The number of hydrogen-bond acceptors (Lipinski definition) is 4. The molecule has 4 nitrogen and oxygen atoms in total. The van der Waals surface area contributed by atoms with E-state index >= 15 is 0 Å². The number of carbonyl (C=O) groups is 2. The maximum Gasteiger partial charge on any atom is 0.303 e. The summed E-state index contributed by atoms with van der Waals surface area (Å²) in [7, 11) is -1.89. The molecule has 94 valence electrons. The fourth-order valence-electron chi connectivity index (χ4n) is 0.701. The van der Waals surface area contributed by atoms with Crippen molar-refractivity contribution < 1.29 is 18.8 Å². The lowest BCUT2D eigenvalue weighted by molar-refractivity contribution is -0.146. The van der Waals surface area contributed by atoms with E-state index in [1.54, 1.807) is 0 Å². The van der Waals surface area contributed by atoms with Gasteiger partial charge in [-0.25, -0.2) is 0 Å². The monoisotopic (exact) mass is 246 g/mol. The molecule has 0 aromatic heterocycles. The van der Waals surface area contributed by atoms with Crippen molar-refractivity contribution in [1.29, 1.82) is 0 Å². The van der Waals surface area contributed by atoms with Crippen molar-refractivity contribution in [2.24, 2.45) is 0 Å². The number of hydrogen-bond donors (Lipinski definition) is 0. The molecule has 5 heteroatoms. The molecule has 0 unspecified atom stereocenters. The Morgan fingerprint density at radius 3 is 2.00 bits per heavy atom. The van der Waals surface area contributed by atoms with Crippen LogP contribution in [0.25, 0.3) is 0 Å². The largest absolute Gasteiger partial charge is 0.458 e. The highest BCUT2D eigenvalue weighted by Crippen LogP contribution is 2.36. The van der Waals surface area contributed by atoms with Crippen molar-refractivity contribution in [2.45, 2.75) is 45.8 Å². The van der Waals surface area contributed by atoms with Gasteiger partial charge in [-0.05, 0) is 18.1 Å². The summed E-state index contributed by atoms with van der Waals surface area (Å²) in [6.45, 7) is 11.6. The number of ketones is 1. The molecule has 0 aliphatic carbocycles. The van der Waals surface area contributed by atoms with Crippen LogP contribution in [0.3, 0.4) is 0 Å². The van der Waals surface area contributed by atoms with Crippen molar-refractivity contribution in [1.82, 2.24) is 0 Å². The second-order valence-corrected chi connectivity index (χ2v) is 10.2. The third kappa shape index (κ3) is 5.41. The van der Waals surface area contributed by atoms with E-state index in [4.69, 9.17) is 4.43 Å². The average molecular weight is 246 g/mol. The van der Waals surface area contributed by atoms with Crippen LogP contribution < -0.4 is 0 Å². The molecule has 0 aromatic rings. The van der Waals surface area contributed by atoms with Crippen molar-refractivity contribution >= 4 is 20.1 Å². The van der Waals surface area contributed by atoms with Crippen LogP contribution in [-0.4, -0.2) is 33.3 Å². The van der Waals surface area contributed by atoms with E-state index in [1.807, 2.05) is 0 Å². The SMILES string of the molecule is CC(=O)OCC(=O)CO[Si](C)(C)C(C)(C)C. The zero-order valence-electron chi connectivity index (χ0n) is 11.0. The van der Waals surface area contributed by atoms with Crippen LogP contribution in [0.5, 0.6) is 0 Å². The zero-order valence-corrected chi connectivity index (χ0v) is 12.0. The molecule has 0 atom stereocenters. The first-order valence-corrected chi connectivity index (χ1v) is 8.26. The Bertz CT molecular complexity index is 266. The first-order valence-electron chi connectivity index (χ1n) is 5.35. The van der Waals surface area contributed by atoms with Crippen LogP contribution in [0.2, 0.25) is 18.1 Å². The standard InChI is InChI=1S/C11H22O4Si/c1-9(12)14-7-10(13)8-15-16(5,6)11(2,3)4/h7-8H2,1-6H3. The Hall–Kier alpha value is -0.683. The lowest BCUT2D eigenvalue weighted by Crippen LogP contribution is -2.42. The second kappa shape index (κ2) is 5.59. The maximum absolute atomic E-state index is 11.3. The molecule has 0 aliphatic rings. The first kappa shape index (κ1) is 15.3. The number of carbonyl (C=O) groups excluding carboxylic acids is 2. The molecule has 0 aromatic carbocycles. The van der Waals surface area contributed by atoms with Gasteiger partial charge in [0.2, 0.25) is 0 Å². The predicted molar refractivity (Wildman–Crippen MR) is 64.8 cm³/mol. The number of rotatable bonds is 5. The summed E-state index contributed by atoms with van der Waals surface area (Å²) in [5.41, 5.74) is 0. The summed E-state index contributed by atoms with van der Waals surface area (Å²) in [4.78, 5) is 21.8. The molecule has 0 saturated carbocycles. The van der Waals surface area contributed by atoms with Crippen molar-refractivity contribution in [2.75, 3.05) is 13.2 Å². The van der Waals surface area contributed by atoms with Gasteiger partial charge in [-0.1, -0.05) is 20.8 Å². The van der Waals surface area contributed by atoms with Gasteiger partial charge in [0.15, 0.2) is 20.7 Å². The van der Waals surface area contributed by atoms with Gasteiger partial charge < -0.3 is 9.16 Å². The Morgan fingerprint density at radius 1 is 1.12 bits per heavy atom. The van der Waals surface area contributed by atoms with E-state index < -0.39 is 14.3 Å². The van der Waals surface area contributed by atoms with Gasteiger partial charge in [-0.2, -0.15) is 0 Å². The van der Waals surface area contributed by atoms with E-state index in [0.29, 0.717) is 0 Å². The molecule has 0 radical (unpaired) electrons. The van der Waals surface area contributed by atoms with E-state index in [0.717, 1.165) is 0 Å². The minimum absolute atomic E-state index is 0.0315. The van der Waals surface area contributed by atoms with E-state index in [-0.39, 0.29) is 24.0 Å². The molecule has 0 rings (SSSR count). The van der Waals surface area contributed by atoms with Gasteiger partial charge in [0.1, 0.15) is 0 Å². The fourth-order valence-corrected chi connectivity index (χ4v) is 1.66. The summed E-state index contributed by atoms with van der Waals surface area (Å²) in [5, 5.41) is 0.0781. The summed E-state index contributed by atoms with van der Waals surface area (Å²) >= 11 is 0. The van der Waals surface area contributed by atoms with Gasteiger partial charge in [-0.15, -0.1) is 0 Å². The summed E-state index contributed by atoms with van der Waals surface area (Å²) in [6, 6.07) is 0. The molecule has 0 aliphatic heterocycles. The first-order chi connectivity index (χ1) is 7.06. The number of esters is 1. The normalized spacial score (nSPS) is 12.4. The molecule has 0 heterocycles. The summed E-state index contributed by atoms with van der Waals surface area (Å²) in [5.74, 6) is -0.638. The van der Waals surface area contributed by atoms with Crippen LogP contribution in [0, 0.1) is 0 Å². The predicted octanol–water partition coefficient (Wildman–Crippen LogP) is 2.14. The molecular formula is C11H22O4Si. The molecule has 16 heavy (non-hydrogen) atoms. The molecule has 0 N–H and O–H groups in total. The molecule has 0 bridgehead atoms. The van der Waals surface area contributed by atoms with Crippen molar-refractivity contribution in [3.8, 4) is 0 Å². The Morgan fingerprint density at radius 2 is 1.62 bits per heavy atom. The highest BCUT2D eigenvalue weighted by atomic mass is 28.4. The van der Waals surface area contributed by atoms with Crippen LogP contribution in [-0.2, 0) is 18.8 Å². The quantitative estimate of drug-likeness (QED) is 0.551. The van der Waals surface area contributed by atoms with Gasteiger partial charge >= 0.3 is 5.97 Å². The molecule has 0 amide bonds. The maximum atomic E-state index is 11.3. The van der Waals surface area contributed by atoms with Crippen LogP contribution in [0.1, 0.15) is 27.7 Å². The Kier molecular flexibility index (Phi) is 5.35. The van der Waals surface area contributed by atoms with Gasteiger partial charge in [0, 0.05) is 6.92 Å². The fraction of sp³-hybridized carbons (Fsp3) is 0.818. The smallest absolute Gasteiger partial charge is 0.303 e. The second-order valence-electron chi connectivity index (χ2n) is 5.37. The van der Waals surface area contributed by atoms with Gasteiger partial charge in [0.25, 0.3) is 0 Å². The molecule has 0 spiro atoms. The summed E-state index contributed by atoms with van der Waals surface area (Å²) < 4.78 is 10.3. The van der Waals surface area contributed by atoms with E-state index in [9.17, 15) is 9.59 Å². The van der Waals surface area contributed by atoms with Gasteiger partial charge in [-0.3, -0.25) is 9.59 Å². The van der Waals surface area contributed by atoms with Crippen LogP contribution in [0.15, 0.2) is 0 Å². The molecule has 0 saturated heterocycles. The molecule has 0 fully saturated rings. The minimum Gasteiger partial charge on any atom is -0.458 e. The molecular weight excluding hydrogens is 224 g/mol. The number of Topliss-reactive ketones (excluding diaryl/α,β-unsaturated/α-hetero) is 1. The van der Waals surface area contributed by atoms with Gasteiger partial charge in [0.05, 0.1) is 6.61 Å². The zero-order chi connectivity index (χ0) is 13.0. The highest BCUT2D eigenvalue weighted by molar-refractivity contribution is 6.74. The topological polar surface area (TPSA) is 52.6 Å². The minimum atomic E-state index is -1.89. The highest BCUT2D eigenvalue weighted by Gasteiger charge is 2.37.